The molecule has 134 valence electrons. The first-order valence-corrected chi connectivity index (χ1v) is 9.51. The Labute approximate surface area is 152 Å². The minimum atomic E-state index is -3.68. The van der Waals surface area contributed by atoms with Gasteiger partial charge in [0.25, 0.3) is 5.91 Å². The molecular formula is C17H19ClN2O4S. The number of amides is 1. The first-order chi connectivity index (χ1) is 11.9. The second-order valence-corrected chi connectivity index (χ2v) is 7.44. The third-order valence-electron chi connectivity index (χ3n) is 3.36. The van der Waals surface area contributed by atoms with Gasteiger partial charge in [-0.1, -0.05) is 30.7 Å². The summed E-state index contributed by atoms with van der Waals surface area (Å²) in [4.78, 5) is 12.5. The average Bonchev–Trinajstić information content (AvgIpc) is 2.61. The molecule has 0 unspecified atom stereocenters. The van der Waals surface area contributed by atoms with Crippen LogP contribution in [0.4, 0.5) is 5.69 Å². The van der Waals surface area contributed by atoms with Gasteiger partial charge in [-0.2, -0.15) is 0 Å². The third-order valence-corrected chi connectivity index (χ3v) is 5.10. The third kappa shape index (κ3) is 4.72. The summed E-state index contributed by atoms with van der Waals surface area (Å²) in [6.45, 7) is 2.50. The molecule has 0 atom stereocenters. The second-order valence-electron chi connectivity index (χ2n) is 5.15. The molecule has 0 aromatic heterocycles. The molecule has 2 rings (SSSR count). The van der Waals surface area contributed by atoms with E-state index in [1.54, 1.807) is 24.3 Å². The van der Waals surface area contributed by atoms with Gasteiger partial charge in [-0.05, 0) is 43.8 Å². The monoisotopic (exact) mass is 382 g/mol. The van der Waals surface area contributed by atoms with Crippen LogP contribution in [0.3, 0.4) is 0 Å². The molecule has 0 aliphatic carbocycles. The maximum Gasteiger partial charge on any atom is 0.257 e. The summed E-state index contributed by atoms with van der Waals surface area (Å²) >= 11 is 6.07. The predicted octanol–water partition coefficient (Wildman–Crippen LogP) is 3.29. The first kappa shape index (κ1) is 19.2. The number of halogens is 1. The largest absolute Gasteiger partial charge is 0.491 e. The van der Waals surface area contributed by atoms with E-state index in [4.69, 9.17) is 16.3 Å². The Kier molecular flexibility index (Phi) is 6.41. The van der Waals surface area contributed by atoms with Crippen LogP contribution in [0.1, 0.15) is 23.7 Å². The zero-order chi connectivity index (χ0) is 18.4. The molecule has 0 saturated carbocycles. The number of ether oxygens (including phenoxy) is 1. The highest BCUT2D eigenvalue weighted by Crippen LogP contribution is 2.26. The van der Waals surface area contributed by atoms with Crippen molar-refractivity contribution in [3.05, 3.63) is 53.1 Å². The van der Waals surface area contributed by atoms with Gasteiger partial charge >= 0.3 is 0 Å². The van der Waals surface area contributed by atoms with Crippen LogP contribution in [-0.2, 0) is 10.0 Å². The molecule has 0 aliphatic rings. The molecule has 0 heterocycles. The fourth-order valence-electron chi connectivity index (χ4n) is 2.06. The number of carbonyl (C=O) groups is 1. The second kappa shape index (κ2) is 8.33. The Hall–Kier alpha value is -2.09. The molecule has 0 bridgehead atoms. The van der Waals surface area contributed by atoms with Gasteiger partial charge in [-0.3, -0.25) is 4.79 Å². The number of para-hydroxylation sites is 2. The van der Waals surface area contributed by atoms with Gasteiger partial charge in [0, 0.05) is 0 Å². The van der Waals surface area contributed by atoms with Crippen LogP contribution in [0.5, 0.6) is 5.75 Å². The molecule has 0 radical (unpaired) electrons. The standard InChI is InChI=1S/C17H19ClN2O4S/c1-3-10-24-16-7-5-4-6-15(16)20-17(21)13-11-12(8-9-14(13)18)25(22,23)19-2/h4-9,11,19H,3,10H2,1-2H3,(H,20,21). The van der Waals surface area contributed by atoms with Crippen LogP contribution in [-0.4, -0.2) is 28.0 Å². The van der Waals surface area contributed by atoms with Crippen molar-refractivity contribution in [2.45, 2.75) is 18.2 Å². The van der Waals surface area contributed by atoms with Gasteiger partial charge < -0.3 is 10.1 Å². The van der Waals surface area contributed by atoms with Gasteiger partial charge in [-0.15, -0.1) is 0 Å². The van der Waals surface area contributed by atoms with Crippen LogP contribution >= 0.6 is 11.6 Å². The lowest BCUT2D eigenvalue weighted by Gasteiger charge is -2.13. The minimum absolute atomic E-state index is 0.0416. The van der Waals surface area contributed by atoms with E-state index < -0.39 is 15.9 Å². The molecule has 0 aliphatic heterocycles. The molecule has 2 aromatic carbocycles. The number of hydrogen-bond donors (Lipinski definition) is 2. The fraction of sp³-hybridized carbons (Fsp3) is 0.235. The number of nitrogens with one attached hydrogen (secondary N) is 2. The number of rotatable bonds is 7. The zero-order valence-electron chi connectivity index (χ0n) is 13.9. The Bertz CT molecular complexity index is 869. The summed E-state index contributed by atoms with van der Waals surface area (Å²) in [6, 6.07) is 11.0. The van der Waals surface area contributed by atoms with Crippen LogP contribution in [0.2, 0.25) is 5.02 Å². The smallest absolute Gasteiger partial charge is 0.257 e. The molecule has 8 heteroatoms. The lowest BCUT2D eigenvalue weighted by Crippen LogP contribution is -2.20. The van der Waals surface area contributed by atoms with Crippen molar-refractivity contribution in [3.8, 4) is 5.75 Å². The molecule has 0 saturated heterocycles. The molecule has 6 nitrogen and oxygen atoms in total. The Morgan fingerprint density at radius 1 is 1.20 bits per heavy atom. The van der Waals surface area contributed by atoms with Gasteiger partial charge in [0.05, 0.1) is 27.8 Å². The summed E-state index contributed by atoms with van der Waals surface area (Å²) in [5, 5.41) is 2.86. The summed E-state index contributed by atoms with van der Waals surface area (Å²) < 4.78 is 31.6. The van der Waals surface area contributed by atoms with Crippen LogP contribution in [0, 0.1) is 0 Å². The molecule has 25 heavy (non-hydrogen) atoms. The van der Waals surface area contributed by atoms with E-state index in [2.05, 4.69) is 10.0 Å². The quantitative estimate of drug-likeness (QED) is 0.769. The normalized spacial score (nSPS) is 11.2. The van der Waals surface area contributed by atoms with E-state index >= 15 is 0 Å². The number of anilines is 1. The highest BCUT2D eigenvalue weighted by molar-refractivity contribution is 7.89. The van der Waals surface area contributed by atoms with Gasteiger partial charge in [-0.25, -0.2) is 13.1 Å². The van der Waals surface area contributed by atoms with Crippen LogP contribution < -0.4 is 14.8 Å². The molecule has 1 amide bonds. The maximum absolute atomic E-state index is 12.6. The minimum Gasteiger partial charge on any atom is -0.491 e. The summed E-state index contributed by atoms with van der Waals surface area (Å²) in [7, 11) is -2.38. The van der Waals surface area contributed by atoms with Crippen molar-refractivity contribution in [1.82, 2.24) is 4.72 Å². The predicted molar refractivity (Wildman–Crippen MR) is 97.9 cm³/mol. The molecule has 2 aromatic rings. The van der Waals surface area contributed by atoms with E-state index in [1.807, 2.05) is 6.92 Å². The summed E-state index contributed by atoms with van der Waals surface area (Å²) in [5.74, 6) is 0.0125. The highest BCUT2D eigenvalue weighted by atomic mass is 35.5. The SMILES string of the molecule is CCCOc1ccccc1NC(=O)c1cc(S(=O)(=O)NC)ccc1Cl. The van der Waals surface area contributed by atoms with Crippen molar-refractivity contribution >= 4 is 33.2 Å². The van der Waals surface area contributed by atoms with Gasteiger partial charge in [0.2, 0.25) is 10.0 Å². The van der Waals surface area contributed by atoms with E-state index in [1.165, 1.54) is 25.2 Å². The molecular weight excluding hydrogens is 364 g/mol. The fourth-order valence-corrected chi connectivity index (χ4v) is 3.02. The van der Waals surface area contributed by atoms with Crippen LogP contribution in [0.25, 0.3) is 0 Å². The van der Waals surface area contributed by atoms with Gasteiger partial charge in [0.15, 0.2) is 0 Å². The van der Waals surface area contributed by atoms with Crippen molar-refractivity contribution in [2.24, 2.45) is 0 Å². The Balaban J connectivity index is 2.32. The van der Waals surface area contributed by atoms with E-state index in [0.29, 0.717) is 18.0 Å². The van der Waals surface area contributed by atoms with Gasteiger partial charge in [0.1, 0.15) is 5.75 Å². The summed E-state index contributed by atoms with van der Waals surface area (Å²) in [5.41, 5.74) is 0.544. The first-order valence-electron chi connectivity index (χ1n) is 7.65. The number of carbonyl (C=O) groups excluding carboxylic acids is 1. The number of hydrogen-bond acceptors (Lipinski definition) is 4. The maximum atomic E-state index is 12.6. The lowest BCUT2D eigenvalue weighted by atomic mass is 10.2. The van der Waals surface area contributed by atoms with E-state index in [0.717, 1.165) is 6.42 Å². The van der Waals surface area contributed by atoms with E-state index in [9.17, 15) is 13.2 Å². The van der Waals surface area contributed by atoms with Crippen LogP contribution in [0.15, 0.2) is 47.4 Å². The number of benzene rings is 2. The van der Waals surface area contributed by atoms with Crippen molar-refractivity contribution in [1.29, 1.82) is 0 Å². The van der Waals surface area contributed by atoms with Crippen molar-refractivity contribution in [3.63, 3.8) is 0 Å². The zero-order valence-corrected chi connectivity index (χ0v) is 15.4. The highest BCUT2D eigenvalue weighted by Gasteiger charge is 2.18. The topological polar surface area (TPSA) is 84.5 Å². The molecule has 0 spiro atoms. The average molecular weight is 383 g/mol. The molecule has 0 fully saturated rings. The van der Waals surface area contributed by atoms with E-state index in [-0.39, 0.29) is 15.5 Å². The molecule has 2 N–H and O–H groups in total. The number of sulfonamides is 1. The summed E-state index contributed by atoms with van der Waals surface area (Å²) in [6.07, 6.45) is 0.831. The Morgan fingerprint density at radius 3 is 2.60 bits per heavy atom. The lowest BCUT2D eigenvalue weighted by molar-refractivity contribution is 0.102. The van der Waals surface area contributed by atoms with Crippen molar-refractivity contribution < 1.29 is 17.9 Å². The Morgan fingerprint density at radius 2 is 1.92 bits per heavy atom. The van der Waals surface area contributed by atoms with Crippen molar-refractivity contribution in [2.75, 3.05) is 19.0 Å².